The smallest absolute Gasteiger partial charge is 0.203 e. The molecule has 4 nitrogen and oxygen atoms in total. The molecule has 1 saturated heterocycles. The van der Waals surface area contributed by atoms with E-state index >= 15 is 0 Å². The fourth-order valence-corrected chi connectivity index (χ4v) is 4.50. The molecule has 0 bridgehead atoms. The van der Waals surface area contributed by atoms with E-state index in [0.717, 1.165) is 46.9 Å². The molecular weight excluding hydrogens is 372 g/mol. The molecule has 0 aromatic heterocycles. The topological polar surface area (TPSA) is 24.9 Å². The Morgan fingerprint density at radius 1 is 1.07 bits per heavy atom. The summed E-state index contributed by atoms with van der Waals surface area (Å²) in [5, 5.41) is 2.87. The predicted molar refractivity (Wildman–Crippen MR) is 114 cm³/mol. The first kappa shape index (κ1) is 19.7. The van der Waals surface area contributed by atoms with Gasteiger partial charge in [-0.15, -0.1) is 0 Å². The second-order valence-electron chi connectivity index (χ2n) is 8.48. The number of aryl methyl sites for hydroxylation is 1. The summed E-state index contributed by atoms with van der Waals surface area (Å²) in [6, 6.07) is 14.8. The fourth-order valence-electron chi connectivity index (χ4n) is 4.21. The van der Waals surface area contributed by atoms with Crippen LogP contribution in [0.15, 0.2) is 42.5 Å². The molecule has 0 amide bonds. The Morgan fingerprint density at radius 3 is 2.36 bits per heavy atom. The Labute approximate surface area is 172 Å². The standard InChI is InChI=1S/C23H29ClN2O2/c1-5-17-15-21-19(16-20(17)24)23(18-9-7-6-8-10-18,25-11-13-27-14-12-25)28-26(21)22(2,3)4/h6-10,15-16H,5,11-14H2,1-4H3. The maximum absolute atomic E-state index is 6.91. The molecule has 2 heterocycles. The number of hydrogen-bond acceptors (Lipinski definition) is 4. The summed E-state index contributed by atoms with van der Waals surface area (Å²) in [5.41, 5.74) is 3.57. The number of halogens is 1. The van der Waals surface area contributed by atoms with E-state index in [1.807, 2.05) is 6.07 Å². The number of rotatable bonds is 3. The SMILES string of the molecule is CCc1cc2c(cc1Cl)C(c1ccccc1)(N1CCOCC1)ON2C(C)(C)C. The molecule has 4 rings (SSSR count). The lowest BCUT2D eigenvalue weighted by Crippen LogP contribution is -2.54. The van der Waals surface area contributed by atoms with E-state index in [1.54, 1.807) is 0 Å². The van der Waals surface area contributed by atoms with Crippen molar-refractivity contribution < 1.29 is 9.57 Å². The summed E-state index contributed by atoms with van der Waals surface area (Å²) in [6.07, 6.45) is 0.889. The third-order valence-corrected chi connectivity index (χ3v) is 5.94. The van der Waals surface area contributed by atoms with E-state index in [-0.39, 0.29) is 5.54 Å². The molecule has 0 saturated carbocycles. The van der Waals surface area contributed by atoms with Crippen LogP contribution in [0.5, 0.6) is 0 Å². The molecule has 0 radical (unpaired) electrons. The molecule has 1 atom stereocenters. The first-order valence-corrected chi connectivity index (χ1v) is 10.5. The largest absolute Gasteiger partial charge is 0.379 e. The van der Waals surface area contributed by atoms with Gasteiger partial charge in [0.25, 0.3) is 0 Å². The Balaban J connectivity index is 1.98. The summed E-state index contributed by atoms with van der Waals surface area (Å²) in [7, 11) is 0. The van der Waals surface area contributed by atoms with Crippen LogP contribution in [0.3, 0.4) is 0 Å². The molecule has 2 aromatic carbocycles. The van der Waals surface area contributed by atoms with Crippen molar-refractivity contribution in [1.29, 1.82) is 0 Å². The van der Waals surface area contributed by atoms with E-state index in [1.165, 1.54) is 0 Å². The van der Waals surface area contributed by atoms with Gasteiger partial charge in [0, 0.05) is 29.2 Å². The van der Waals surface area contributed by atoms with Crippen molar-refractivity contribution in [2.45, 2.75) is 45.4 Å². The monoisotopic (exact) mass is 400 g/mol. The maximum atomic E-state index is 6.91. The number of hydrogen-bond donors (Lipinski definition) is 0. The fraction of sp³-hybridized carbons (Fsp3) is 0.478. The van der Waals surface area contributed by atoms with Crippen LogP contribution in [-0.2, 0) is 21.7 Å². The summed E-state index contributed by atoms with van der Waals surface area (Å²) in [5.74, 6) is 0. The molecule has 0 aliphatic carbocycles. The number of anilines is 1. The number of nitrogens with zero attached hydrogens (tertiary/aromatic N) is 2. The van der Waals surface area contributed by atoms with Crippen LogP contribution in [0, 0.1) is 0 Å². The third-order valence-electron chi connectivity index (χ3n) is 5.58. The molecule has 2 aliphatic rings. The average Bonchev–Trinajstić information content (AvgIpc) is 3.04. The number of hydroxylamine groups is 1. The van der Waals surface area contributed by atoms with Gasteiger partial charge in [0.2, 0.25) is 5.72 Å². The van der Waals surface area contributed by atoms with Crippen LogP contribution in [0.25, 0.3) is 0 Å². The van der Waals surface area contributed by atoms with Gasteiger partial charge in [0.1, 0.15) is 0 Å². The Kier molecular flexibility index (Phi) is 5.17. The van der Waals surface area contributed by atoms with E-state index in [4.69, 9.17) is 21.2 Å². The van der Waals surface area contributed by atoms with Crippen LogP contribution in [0.4, 0.5) is 5.69 Å². The zero-order valence-electron chi connectivity index (χ0n) is 17.2. The molecule has 0 spiro atoms. The van der Waals surface area contributed by atoms with Gasteiger partial charge < -0.3 is 4.74 Å². The van der Waals surface area contributed by atoms with E-state index in [2.05, 4.69) is 74.1 Å². The van der Waals surface area contributed by atoms with Crippen molar-refractivity contribution in [3.8, 4) is 0 Å². The number of benzene rings is 2. The van der Waals surface area contributed by atoms with Crippen molar-refractivity contribution >= 4 is 17.3 Å². The molecular formula is C23H29ClN2O2. The minimum Gasteiger partial charge on any atom is -0.379 e. The number of morpholine rings is 1. The predicted octanol–water partition coefficient (Wildman–Crippen LogP) is 4.99. The zero-order valence-corrected chi connectivity index (χ0v) is 17.9. The summed E-state index contributed by atoms with van der Waals surface area (Å²) < 4.78 is 5.65. The molecule has 1 unspecified atom stereocenters. The van der Waals surface area contributed by atoms with E-state index in [0.29, 0.717) is 13.2 Å². The number of ether oxygens (including phenoxy) is 1. The van der Waals surface area contributed by atoms with Crippen molar-refractivity contribution in [2.24, 2.45) is 0 Å². The molecule has 1 fully saturated rings. The summed E-state index contributed by atoms with van der Waals surface area (Å²) in [6.45, 7) is 11.7. The van der Waals surface area contributed by atoms with Gasteiger partial charge in [-0.2, -0.15) is 0 Å². The third kappa shape index (κ3) is 3.13. The highest BCUT2D eigenvalue weighted by molar-refractivity contribution is 6.31. The average molecular weight is 401 g/mol. The van der Waals surface area contributed by atoms with Crippen molar-refractivity contribution in [3.05, 3.63) is 64.2 Å². The van der Waals surface area contributed by atoms with Gasteiger partial charge in [-0.1, -0.05) is 48.9 Å². The highest BCUT2D eigenvalue weighted by atomic mass is 35.5. The first-order chi connectivity index (χ1) is 13.4. The lowest BCUT2D eigenvalue weighted by Gasteiger charge is -2.44. The van der Waals surface area contributed by atoms with Gasteiger partial charge in [-0.3, -0.25) is 4.90 Å². The van der Waals surface area contributed by atoms with E-state index < -0.39 is 5.72 Å². The molecule has 2 aliphatic heterocycles. The zero-order chi connectivity index (χ0) is 19.9. The quantitative estimate of drug-likeness (QED) is 0.724. The Morgan fingerprint density at radius 2 is 1.75 bits per heavy atom. The van der Waals surface area contributed by atoms with Gasteiger partial charge in [0.15, 0.2) is 0 Å². The molecule has 2 aromatic rings. The van der Waals surface area contributed by atoms with Crippen LogP contribution in [0.2, 0.25) is 5.02 Å². The molecule has 5 heteroatoms. The minimum atomic E-state index is -0.705. The summed E-state index contributed by atoms with van der Waals surface area (Å²) in [4.78, 5) is 9.30. The van der Waals surface area contributed by atoms with Crippen molar-refractivity contribution in [2.75, 3.05) is 31.4 Å². The molecule has 28 heavy (non-hydrogen) atoms. The number of fused-ring (bicyclic) bond motifs is 1. The van der Waals surface area contributed by atoms with Gasteiger partial charge in [0.05, 0.1) is 24.4 Å². The summed E-state index contributed by atoms with van der Waals surface area (Å²) >= 11 is 6.71. The second-order valence-corrected chi connectivity index (χ2v) is 8.89. The van der Waals surface area contributed by atoms with Crippen LogP contribution < -0.4 is 5.06 Å². The van der Waals surface area contributed by atoms with Gasteiger partial charge in [-0.25, -0.2) is 9.90 Å². The Hall–Kier alpha value is -1.59. The minimum absolute atomic E-state index is 0.198. The maximum Gasteiger partial charge on any atom is 0.203 e. The second kappa shape index (κ2) is 7.34. The van der Waals surface area contributed by atoms with Crippen molar-refractivity contribution in [1.82, 2.24) is 4.90 Å². The lowest BCUT2D eigenvalue weighted by molar-refractivity contribution is -0.163. The molecule has 150 valence electrons. The van der Waals surface area contributed by atoms with Crippen molar-refractivity contribution in [3.63, 3.8) is 0 Å². The van der Waals surface area contributed by atoms with Crippen LogP contribution in [-0.4, -0.2) is 36.7 Å². The van der Waals surface area contributed by atoms with E-state index in [9.17, 15) is 0 Å². The van der Waals surface area contributed by atoms with Gasteiger partial charge in [-0.05, 0) is 44.9 Å². The normalized spacial score (nSPS) is 23.1. The molecule has 0 N–H and O–H groups in total. The van der Waals surface area contributed by atoms with Gasteiger partial charge >= 0.3 is 0 Å². The highest BCUT2D eigenvalue weighted by Gasteiger charge is 2.53. The van der Waals surface area contributed by atoms with Crippen LogP contribution >= 0.6 is 11.6 Å². The van der Waals surface area contributed by atoms with Crippen LogP contribution in [0.1, 0.15) is 44.4 Å². The highest BCUT2D eigenvalue weighted by Crippen LogP contribution is 2.52. The lowest BCUT2D eigenvalue weighted by atomic mass is 9.90. The Bertz CT molecular complexity index is 844. The first-order valence-electron chi connectivity index (χ1n) is 10.1.